The maximum Gasteiger partial charge on any atom is 0.407 e. The number of ether oxygens (including phenoxy) is 1. The van der Waals surface area contributed by atoms with Crippen LogP contribution in [-0.4, -0.2) is 18.7 Å². The van der Waals surface area contributed by atoms with Gasteiger partial charge in [-0.15, -0.1) is 0 Å². The van der Waals surface area contributed by atoms with Crippen molar-refractivity contribution < 1.29 is 9.53 Å². The minimum absolute atomic E-state index is 0.0876. The summed E-state index contributed by atoms with van der Waals surface area (Å²) in [4.78, 5) is 11.6. The summed E-state index contributed by atoms with van der Waals surface area (Å²) >= 11 is 0. The van der Waals surface area contributed by atoms with Crippen molar-refractivity contribution in [2.24, 2.45) is 5.41 Å². The number of allylic oxidation sites excluding steroid dienone is 2. The SMILES string of the molecule is CC(C)(C)CCNC(=O)OC1CC/C=C/CCC1. The first-order chi connectivity index (χ1) is 8.47. The first kappa shape index (κ1) is 15.1. The van der Waals surface area contributed by atoms with Crippen molar-refractivity contribution in [2.75, 3.05) is 6.54 Å². The Hall–Kier alpha value is -0.990. The van der Waals surface area contributed by atoms with Gasteiger partial charge in [-0.25, -0.2) is 4.79 Å². The molecule has 0 saturated heterocycles. The molecule has 1 unspecified atom stereocenters. The van der Waals surface area contributed by atoms with E-state index in [9.17, 15) is 4.79 Å². The van der Waals surface area contributed by atoms with Crippen LogP contribution in [-0.2, 0) is 4.74 Å². The zero-order valence-electron chi connectivity index (χ0n) is 12.0. The fourth-order valence-corrected chi connectivity index (χ4v) is 1.98. The molecule has 3 heteroatoms. The van der Waals surface area contributed by atoms with Crippen LogP contribution in [0.3, 0.4) is 0 Å². The lowest BCUT2D eigenvalue weighted by Crippen LogP contribution is -2.31. The maximum absolute atomic E-state index is 11.6. The van der Waals surface area contributed by atoms with Crippen LogP contribution in [0, 0.1) is 5.41 Å². The summed E-state index contributed by atoms with van der Waals surface area (Å²) < 4.78 is 5.46. The van der Waals surface area contributed by atoms with Gasteiger partial charge in [0.15, 0.2) is 0 Å². The van der Waals surface area contributed by atoms with E-state index in [4.69, 9.17) is 4.74 Å². The Kier molecular flexibility index (Phi) is 6.23. The van der Waals surface area contributed by atoms with Crippen molar-refractivity contribution in [1.29, 1.82) is 0 Å². The van der Waals surface area contributed by atoms with Crippen molar-refractivity contribution in [2.45, 2.75) is 65.4 Å². The fourth-order valence-electron chi connectivity index (χ4n) is 1.98. The molecule has 1 atom stereocenters. The number of carbonyl (C=O) groups excluding carboxylic acids is 1. The molecule has 0 fully saturated rings. The second-order valence-electron chi connectivity index (χ2n) is 6.24. The smallest absolute Gasteiger partial charge is 0.407 e. The van der Waals surface area contributed by atoms with Crippen LogP contribution in [0.5, 0.6) is 0 Å². The highest BCUT2D eigenvalue weighted by molar-refractivity contribution is 5.67. The topological polar surface area (TPSA) is 38.3 Å². The molecule has 3 nitrogen and oxygen atoms in total. The Labute approximate surface area is 111 Å². The van der Waals surface area contributed by atoms with E-state index in [0.717, 1.165) is 38.5 Å². The lowest BCUT2D eigenvalue weighted by atomic mass is 9.92. The number of alkyl carbamates (subject to hydrolysis) is 1. The largest absolute Gasteiger partial charge is 0.446 e. The molecular formula is C15H27NO2. The molecule has 1 N–H and O–H groups in total. The summed E-state index contributed by atoms with van der Waals surface area (Å²) in [5, 5.41) is 2.84. The predicted octanol–water partition coefficient (Wildman–Crippen LogP) is 4.04. The van der Waals surface area contributed by atoms with E-state index >= 15 is 0 Å². The van der Waals surface area contributed by atoms with Gasteiger partial charge in [0.2, 0.25) is 0 Å². The van der Waals surface area contributed by atoms with Gasteiger partial charge in [0.25, 0.3) is 0 Å². The van der Waals surface area contributed by atoms with Gasteiger partial charge in [-0.3, -0.25) is 0 Å². The lowest BCUT2D eigenvalue weighted by Gasteiger charge is -2.21. The Bertz CT molecular complexity index is 279. The standard InChI is InChI=1S/C15H27NO2/c1-15(2,3)11-12-16-14(17)18-13-9-7-5-4-6-8-10-13/h4-5,13H,6-12H2,1-3H3,(H,16,17)/b5-4+. The first-order valence-electron chi connectivity index (χ1n) is 7.07. The van der Waals surface area contributed by atoms with E-state index in [1.807, 2.05) is 0 Å². The third-order valence-electron chi connectivity index (χ3n) is 3.14. The van der Waals surface area contributed by atoms with Gasteiger partial charge in [0.05, 0.1) is 0 Å². The summed E-state index contributed by atoms with van der Waals surface area (Å²) in [7, 11) is 0. The van der Waals surface area contributed by atoms with E-state index in [-0.39, 0.29) is 17.6 Å². The molecule has 1 rings (SSSR count). The predicted molar refractivity (Wildman–Crippen MR) is 74.6 cm³/mol. The van der Waals surface area contributed by atoms with Crippen LogP contribution >= 0.6 is 0 Å². The van der Waals surface area contributed by atoms with Gasteiger partial charge in [-0.1, -0.05) is 32.9 Å². The van der Waals surface area contributed by atoms with E-state index in [0.29, 0.717) is 6.54 Å². The van der Waals surface area contributed by atoms with Crippen LogP contribution in [0.25, 0.3) is 0 Å². The number of amides is 1. The van der Waals surface area contributed by atoms with Gasteiger partial charge in [0.1, 0.15) is 6.10 Å². The summed E-state index contributed by atoms with van der Waals surface area (Å²) in [5.41, 5.74) is 0.248. The second-order valence-corrected chi connectivity index (χ2v) is 6.24. The van der Waals surface area contributed by atoms with Crippen LogP contribution in [0.15, 0.2) is 12.2 Å². The van der Waals surface area contributed by atoms with E-state index in [2.05, 4.69) is 38.2 Å². The molecule has 0 aliphatic heterocycles. The van der Waals surface area contributed by atoms with Crippen molar-refractivity contribution >= 4 is 6.09 Å². The van der Waals surface area contributed by atoms with Crippen molar-refractivity contribution in [3.05, 3.63) is 12.2 Å². The minimum atomic E-state index is -0.256. The van der Waals surface area contributed by atoms with Crippen LogP contribution in [0.1, 0.15) is 59.3 Å². The monoisotopic (exact) mass is 253 g/mol. The van der Waals surface area contributed by atoms with Crippen LogP contribution in [0.2, 0.25) is 0 Å². The minimum Gasteiger partial charge on any atom is -0.446 e. The van der Waals surface area contributed by atoms with Crippen LogP contribution in [0.4, 0.5) is 4.79 Å². The number of rotatable bonds is 3. The molecule has 0 radical (unpaired) electrons. The maximum atomic E-state index is 11.6. The van der Waals surface area contributed by atoms with Crippen LogP contribution < -0.4 is 5.32 Å². The summed E-state index contributed by atoms with van der Waals surface area (Å²) in [6.07, 6.45) is 10.4. The molecule has 1 aliphatic rings. The van der Waals surface area contributed by atoms with E-state index < -0.39 is 0 Å². The molecule has 18 heavy (non-hydrogen) atoms. The normalized spacial score (nSPS) is 22.7. The third kappa shape index (κ3) is 7.36. The zero-order chi connectivity index (χ0) is 13.4. The molecule has 104 valence electrons. The highest BCUT2D eigenvalue weighted by Gasteiger charge is 2.15. The molecule has 0 saturated carbocycles. The van der Waals surface area contributed by atoms with Crippen molar-refractivity contribution in [3.8, 4) is 0 Å². The molecular weight excluding hydrogens is 226 g/mol. The van der Waals surface area contributed by atoms with Gasteiger partial charge in [-0.05, 0) is 43.9 Å². The van der Waals surface area contributed by atoms with Crippen molar-refractivity contribution in [3.63, 3.8) is 0 Å². The summed E-state index contributed by atoms with van der Waals surface area (Å²) in [5.74, 6) is 0. The highest BCUT2D eigenvalue weighted by atomic mass is 16.6. The quantitative estimate of drug-likeness (QED) is 0.771. The molecule has 1 amide bonds. The Morgan fingerprint density at radius 1 is 1.28 bits per heavy atom. The van der Waals surface area contributed by atoms with Gasteiger partial charge >= 0.3 is 6.09 Å². The molecule has 0 heterocycles. The molecule has 1 aliphatic carbocycles. The Balaban J connectivity index is 2.20. The average Bonchev–Trinajstić information content (AvgIpc) is 2.20. The molecule has 0 spiro atoms. The van der Waals surface area contributed by atoms with E-state index in [1.54, 1.807) is 0 Å². The number of hydrogen-bond acceptors (Lipinski definition) is 2. The van der Waals surface area contributed by atoms with Crippen molar-refractivity contribution in [1.82, 2.24) is 5.32 Å². The number of nitrogens with one attached hydrogen (secondary N) is 1. The van der Waals surface area contributed by atoms with Gasteiger partial charge < -0.3 is 10.1 Å². The molecule has 0 aromatic carbocycles. The average molecular weight is 253 g/mol. The van der Waals surface area contributed by atoms with Gasteiger partial charge in [-0.2, -0.15) is 0 Å². The lowest BCUT2D eigenvalue weighted by molar-refractivity contribution is 0.0858. The van der Waals surface area contributed by atoms with Gasteiger partial charge in [0, 0.05) is 6.54 Å². The summed E-state index contributed by atoms with van der Waals surface area (Å²) in [6.45, 7) is 7.19. The Morgan fingerprint density at radius 3 is 2.72 bits per heavy atom. The molecule has 0 bridgehead atoms. The fraction of sp³-hybridized carbons (Fsp3) is 0.800. The number of carbonyl (C=O) groups is 1. The number of hydrogen-bond donors (Lipinski definition) is 1. The zero-order valence-corrected chi connectivity index (χ0v) is 12.0. The third-order valence-corrected chi connectivity index (χ3v) is 3.14. The second kappa shape index (κ2) is 7.45. The Morgan fingerprint density at radius 2 is 2.00 bits per heavy atom. The summed E-state index contributed by atoms with van der Waals surface area (Å²) in [6, 6.07) is 0. The highest BCUT2D eigenvalue weighted by Crippen LogP contribution is 2.18. The van der Waals surface area contributed by atoms with E-state index in [1.165, 1.54) is 0 Å². The molecule has 0 aromatic heterocycles. The molecule has 0 aromatic rings. The first-order valence-corrected chi connectivity index (χ1v) is 7.07.